The number of halogens is 1. The number of hydrogen-bond donors (Lipinski definition) is 0. The summed E-state index contributed by atoms with van der Waals surface area (Å²) in [5, 5.41) is 9.31. The number of aromatic nitrogens is 3. The van der Waals surface area contributed by atoms with Crippen molar-refractivity contribution in [1.29, 1.82) is 0 Å². The predicted molar refractivity (Wildman–Crippen MR) is 82.3 cm³/mol. The number of nitrogens with zero attached hydrogens (tertiary/aromatic N) is 4. The summed E-state index contributed by atoms with van der Waals surface area (Å²) < 4.78 is 6.00. The average Bonchev–Trinajstić information content (AvgIpc) is 2.45. The topological polar surface area (TPSA) is 51.1 Å². The van der Waals surface area contributed by atoms with Crippen LogP contribution < -0.4 is 4.90 Å². The highest BCUT2D eigenvalue weighted by Crippen LogP contribution is 2.25. The van der Waals surface area contributed by atoms with Crippen molar-refractivity contribution in [3.63, 3.8) is 0 Å². The molecule has 0 bridgehead atoms. The van der Waals surface area contributed by atoms with Crippen LogP contribution in [-0.4, -0.2) is 45.3 Å². The van der Waals surface area contributed by atoms with Crippen molar-refractivity contribution in [3.05, 3.63) is 24.3 Å². The number of ether oxygens (including phenoxy) is 1. The summed E-state index contributed by atoms with van der Waals surface area (Å²) in [5.41, 5.74) is 1.48. The number of alkyl halides is 1. The second-order valence-electron chi connectivity index (χ2n) is 5.63. The van der Waals surface area contributed by atoms with Crippen molar-refractivity contribution in [1.82, 2.24) is 15.2 Å². The predicted octanol–water partition coefficient (Wildman–Crippen LogP) is 2.40. The molecule has 3 rings (SSSR count). The minimum Gasteiger partial charge on any atom is -0.368 e. The quantitative estimate of drug-likeness (QED) is 0.788. The Morgan fingerprint density at radius 3 is 2.80 bits per heavy atom. The highest BCUT2D eigenvalue weighted by Gasteiger charge is 2.34. The Hall–Kier alpha value is -1.27. The van der Waals surface area contributed by atoms with E-state index in [4.69, 9.17) is 4.74 Å². The molecule has 1 aromatic heterocycles. The lowest BCUT2D eigenvalue weighted by Crippen LogP contribution is -2.54. The van der Waals surface area contributed by atoms with Crippen molar-refractivity contribution < 1.29 is 4.74 Å². The molecule has 1 aliphatic rings. The summed E-state index contributed by atoms with van der Waals surface area (Å²) in [6.07, 6.45) is 0.133. The molecule has 1 unspecified atom stereocenters. The summed E-state index contributed by atoms with van der Waals surface area (Å²) in [6, 6.07) is 7.78. The third-order valence-corrected chi connectivity index (χ3v) is 4.01. The Morgan fingerprint density at radius 2 is 2.05 bits per heavy atom. The number of morpholine rings is 1. The molecule has 1 saturated heterocycles. The van der Waals surface area contributed by atoms with E-state index < -0.39 is 0 Å². The van der Waals surface area contributed by atoms with Gasteiger partial charge in [-0.25, -0.2) is 4.98 Å². The van der Waals surface area contributed by atoms with Crippen molar-refractivity contribution in [2.75, 3.05) is 23.3 Å². The van der Waals surface area contributed by atoms with E-state index in [1.807, 2.05) is 24.3 Å². The van der Waals surface area contributed by atoms with Gasteiger partial charge in [0.2, 0.25) is 5.95 Å². The maximum atomic E-state index is 6.00. The van der Waals surface area contributed by atoms with Gasteiger partial charge in [-0.05, 0) is 26.0 Å². The van der Waals surface area contributed by atoms with Crippen molar-refractivity contribution >= 4 is 32.9 Å². The third-order valence-electron chi connectivity index (χ3n) is 3.29. The van der Waals surface area contributed by atoms with Crippen molar-refractivity contribution in [3.8, 4) is 0 Å². The first-order valence-corrected chi connectivity index (χ1v) is 7.78. The molecular formula is C14H17BrN4O. The molecule has 20 heavy (non-hydrogen) atoms. The minimum absolute atomic E-state index is 0.133. The van der Waals surface area contributed by atoms with E-state index in [-0.39, 0.29) is 11.7 Å². The molecule has 0 amide bonds. The molecule has 6 heteroatoms. The molecule has 0 spiro atoms. The molecule has 0 aliphatic carbocycles. The van der Waals surface area contributed by atoms with Gasteiger partial charge < -0.3 is 9.64 Å². The average molecular weight is 337 g/mol. The molecule has 2 aromatic rings. The fourth-order valence-electron chi connectivity index (χ4n) is 2.53. The number of rotatable bonds is 2. The molecule has 1 aliphatic heterocycles. The third kappa shape index (κ3) is 2.76. The van der Waals surface area contributed by atoms with E-state index in [2.05, 4.69) is 49.9 Å². The normalized spacial score (nSPS) is 22.1. The van der Waals surface area contributed by atoms with Gasteiger partial charge in [0, 0.05) is 18.4 Å². The van der Waals surface area contributed by atoms with Crippen LogP contribution in [0.15, 0.2) is 24.3 Å². The van der Waals surface area contributed by atoms with Gasteiger partial charge in [0.15, 0.2) is 0 Å². The molecule has 5 nitrogen and oxygen atoms in total. The monoisotopic (exact) mass is 336 g/mol. The number of fused-ring (bicyclic) bond motifs is 1. The zero-order valence-corrected chi connectivity index (χ0v) is 13.2. The Labute approximate surface area is 126 Å². The van der Waals surface area contributed by atoms with Crippen LogP contribution in [0.1, 0.15) is 13.8 Å². The van der Waals surface area contributed by atoms with E-state index >= 15 is 0 Å². The lowest BCUT2D eigenvalue weighted by Gasteiger charge is -2.42. The molecule has 0 N–H and O–H groups in total. The number of anilines is 1. The van der Waals surface area contributed by atoms with Gasteiger partial charge in [-0.3, -0.25) is 0 Å². The largest absolute Gasteiger partial charge is 0.368 e. The molecule has 2 heterocycles. The highest BCUT2D eigenvalue weighted by atomic mass is 79.9. The molecule has 0 saturated carbocycles. The van der Waals surface area contributed by atoms with Crippen LogP contribution in [0.5, 0.6) is 0 Å². The lowest BCUT2D eigenvalue weighted by molar-refractivity contribution is -0.0728. The SMILES string of the molecule is CC1(C)CN(c2nnc3ccccc3n2)CC(CBr)O1. The molecule has 0 radical (unpaired) electrons. The van der Waals surface area contributed by atoms with Crippen LogP contribution in [0.4, 0.5) is 5.95 Å². The number of hydrogen-bond acceptors (Lipinski definition) is 5. The van der Waals surface area contributed by atoms with Gasteiger partial charge in [-0.1, -0.05) is 28.1 Å². The zero-order valence-electron chi connectivity index (χ0n) is 11.6. The number of benzene rings is 1. The van der Waals surface area contributed by atoms with Crippen LogP contribution in [0, 0.1) is 0 Å². The van der Waals surface area contributed by atoms with E-state index in [1.54, 1.807) is 0 Å². The maximum Gasteiger partial charge on any atom is 0.246 e. The van der Waals surface area contributed by atoms with Crippen molar-refractivity contribution in [2.45, 2.75) is 25.6 Å². The molecule has 1 fully saturated rings. The fourth-order valence-corrected chi connectivity index (χ4v) is 2.87. The van der Waals surface area contributed by atoms with Crippen LogP contribution in [-0.2, 0) is 4.74 Å². The first kappa shape index (κ1) is 13.7. The second kappa shape index (κ2) is 5.26. The Balaban J connectivity index is 1.93. The highest BCUT2D eigenvalue weighted by molar-refractivity contribution is 9.09. The smallest absolute Gasteiger partial charge is 0.246 e. The van der Waals surface area contributed by atoms with Gasteiger partial charge in [0.05, 0.1) is 17.2 Å². The molecule has 1 aromatic carbocycles. The number of para-hydroxylation sites is 1. The van der Waals surface area contributed by atoms with Crippen molar-refractivity contribution in [2.24, 2.45) is 0 Å². The summed E-state index contributed by atoms with van der Waals surface area (Å²) in [7, 11) is 0. The van der Waals surface area contributed by atoms with Gasteiger partial charge in [-0.15, -0.1) is 10.2 Å². The summed E-state index contributed by atoms with van der Waals surface area (Å²) in [4.78, 5) is 6.76. The van der Waals surface area contributed by atoms with E-state index in [1.165, 1.54) is 0 Å². The second-order valence-corrected chi connectivity index (χ2v) is 6.28. The lowest BCUT2D eigenvalue weighted by atomic mass is 10.1. The Morgan fingerprint density at radius 1 is 1.30 bits per heavy atom. The first-order chi connectivity index (χ1) is 9.57. The summed E-state index contributed by atoms with van der Waals surface area (Å²) in [6.45, 7) is 5.71. The summed E-state index contributed by atoms with van der Waals surface area (Å²) in [5.74, 6) is 0.672. The molecule has 1 atom stereocenters. The van der Waals surface area contributed by atoms with Gasteiger partial charge >= 0.3 is 0 Å². The fraction of sp³-hybridized carbons (Fsp3) is 0.500. The van der Waals surface area contributed by atoms with Crippen LogP contribution in [0.3, 0.4) is 0 Å². The zero-order chi connectivity index (χ0) is 14.2. The van der Waals surface area contributed by atoms with E-state index in [9.17, 15) is 0 Å². The van der Waals surface area contributed by atoms with Gasteiger partial charge in [0.25, 0.3) is 0 Å². The van der Waals surface area contributed by atoms with Crippen LogP contribution in [0.2, 0.25) is 0 Å². The summed E-state index contributed by atoms with van der Waals surface area (Å²) >= 11 is 3.49. The van der Waals surface area contributed by atoms with Crippen LogP contribution in [0.25, 0.3) is 11.0 Å². The maximum absolute atomic E-state index is 6.00. The minimum atomic E-state index is -0.217. The Kier molecular flexibility index (Phi) is 3.60. The van der Waals surface area contributed by atoms with Gasteiger partial charge in [0.1, 0.15) is 5.52 Å². The Bertz CT molecular complexity index is 619. The molecular weight excluding hydrogens is 320 g/mol. The van der Waals surface area contributed by atoms with Gasteiger partial charge in [-0.2, -0.15) is 0 Å². The standard InChI is InChI=1S/C14H17BrN4O/c1-14(2)9-19(8-10(7-15)20-14)13-16-11-5-3-4-6-12(11)17-18-13/h3-6,10H,7-9H2,1-2H3. The first-order valence-electron chi connectivity index (χ1n) is 6.65. The van der Waals surface area contributed by atoms with Crippen LogP contribution >= 0.6 is 15.9 Å². The van der Waals surface area contributed by atoms with E-state index in [0.717, 1.165) is 29.5 Å². The van der Waals surface area contributed by atoms with E-state index in [0.29, 0.717) is 5.95 Å². The molecule has 106 valence electrons.